The molecule has 1 heterocycles. The van der Waals surface area contributed by atoms with Gasteiger partial charge in [0.15, 0.2) is 5.13 Å². The van der Waals surface area contributed by atoms with Crippen LogP contribution in [-0.2, 0) is 0 Å². The number of anilines is 3. The maximum absolute atomic E-state index is 13.0. The number of nitrogen functional groups attached to an aromatic ring is 1. The maximum atomic E-state index is 13.0. The van der Waals surface area contributed by atoms with E-state index in [9.17, 15) is 9.18 Å². The second-order valence-electron chi connectivity index (χ2n) is 4.57. The quantitative estimate of drug-likeness (QED) is 0.792. The molecule has 1 aromatic heterocycles. The van der Waals surface area contributed by atoms with Crippen LogP contribution in [0.4, 0.5) is 21.0 Å². The second-order valence-corrected chi connectivity index (χ2v) is 5.57. The summed E-state index contributed by atoms with van der Waals surface area (Å²) in [6, 6.07) is 4.18. The number of benzene rings is 1. The van der Waals surface area contributed by atoms with Crippen LogP contribution in [0.1, 0.15) is 28.6 Å². The number of rotatable bonds is 5. The van der Waals surface area contributed by atoms with Gasteiger partial charge in [0.25, 0.3) is 5.91 Å². The Labute approximate surface area is 126 Å². The minimum absolute atomic E-state index is 0.191. The number of thiazole rings is 1. The molecule has 0 aliphatic heterocycles. The topological polar surface area (TPSA) is 80.0 Å². The van der Waals surface area contributed by atoms with Crippen LogP contribution < -0.4 is 16.4 Å². The van der Waals surface area contributed by atoms with E-state index in [1.54, 1.807) is 6.92 Å². The number of carbonyl (C=O) groups excluding carboxylic acids is 1. The van der Waals surface area contributed by atoms with Gasteiger partial charge in [0, 0.05) is 12.2 Å². The van der Waals surface area contributed by atoms with Crippen molar-refractivity contribution in [3.8, 4) is 0 Å². The Hall–Kier alpha value is -2.15. The van der Waals surface area contributed by atoms with Gasteiger partial charge in [-0.2, -0.15) is 0 Å². The fourth-order valence-electron chi connectivity index (χ4n) is 1.75. The fourth-order valence-corrected chi connectivity index (χ4v) is 2.55. The monoisotopic (exact) mass is 308 g/mol. The number of nitrogens with one attached hydrogen (secondary N) is 2. The van der Waals surface area contributed by atoms with Crippen LogP contribution in [-0.4, -0.2) is 17.4 Å². The lowest BCUT2D eigenvalue weighted by Gasteiger charge is -2.07. The molecule has 1 amide bonds. The van der Waals surface area contributed by atoms with Gasteiger partial charge < -0.3 is 16.4 Å². The third-order valence-corrected chi connectivity index (χ3v) is 3.85. The van der Waals surface area contributed by atoms with Gasteiger partial charge in [0.1, 0.15) is 16.5 Å². The predicted molar refractivity (Wildman–Crippen MR) is 84.4 cm³/mol. The normalized spacial score (nSPS) is 10.4. The average molecular weight is 308 g/mol. The van der Waals surface area contributed by atoms with Crippen LogP contribution in [0.25, 0.3) is 0 Å². The van der Waals surface area contributed by atoms with Crippen molar-refractivity contribution in [1.82, 2.24) is 4.98 Å². The number of nitrogens with zero attached hydrogens (tertiary/aromatic N) is 1. The molecule has 0 aliphatic rings. The first kappa shape index (κ1) is 15.2. The summed E-state index contributed by atoms with van der Waals surface area (Å²) in [4.78, 5) is 16.7. The predicted octanol–water partition coefficient (Wildman–Crippen LogP) is 3.25. The molecule has 112 valence electrons. The van der Waals surface area contributed by atoms with Crippen molar-refractivity contribution in [2.24, 2.45) is 0 Å². The largest absolute Gasteiger partial charge is 0.382 e. The van der Waals surface area contributed by atoms with E-state index >= 15 is 0 Å². The lowest BCUT2D eigenvalue weighted by atomic mass is 10.2. The highest BCUT2D eigenvalue weighted by atomic mass is 32.1. The van der Waals surface area contributed by atoms with Crippen molar-refractivity contribution in [2.45, 2.75) is 20.3 Å². The highest BCUT2D eigenvalue weighted by Crippen LogP contribution is 2.26. The molecule has 0 unspecified atom stereocenters. The van der Waals surface area contributed by atoms with E-state index in [0.717, 1.165) is 13.0 Å². The van der Waals surface area contributed by atoms with Crippen LogP contribution in [0.2, 0.25) is 0 Å². The highest BCUT2D eigenvalue weighted by Gasteiger charge is 2.17. The molecule has 0 aliphatic carbocycles. The van der Waals surface area contributed by atoms with Gasteiger partial charge in [0.2, 0.25) is 0 Å². The number of aryl methyl sites for hydroxylation is 1. The van der Waals surface area contributed by atoms with Crippen molar-refractivity contribution < 1.29 is 9.18 Å². The van der Waals surface area contributed by atoms with Crippen LogP contribution in [0, 0.1) is 12.7 Å². The Balaban J connectivity index is 2.14. The molecule has 2 rings (SSSR count). The molecule has 5 nitrogen and oxygen atoms in total. The zero-order valence-corrected chi connectivity index (χ0v) is 12.7. The SMILES string of the molecule is CCCNc1nc(N)c(C(=O)Nc2ccc(F)cc2C)s1. The molecule has 0 atom stereocenters. The number of carbonyl (C=O) groups is 1. The van der Waals surface area contributed by atoms with Gasteiger partial charge in [-0.25, -0.2) is 9.37 Å². The first-order valence-corrected chi connectivity index (χ1v) is 7.40. The van der Waals surface area contributed by atoms with E-state index in [1.165, 1.54) is 29.5 Å². The van der Waals surface area contributed by atoms with Crippen molar-refractivity contribution in [3.63, 3.8) is 0 Å². The smallest absolute Gasteiger partial charge is 0.269 e. The Morgan fingerprint density at radius 1 is 1.48 bits per heavy atom. The van der Waals surface area contributed by atoms with Gasteiger partial charge in [0.05, 0.1) is 0 Å². The number of nitrogens with two attached hydrogens (primary N) is 1. The summed E-state index contributed by atoms with van der Waals surface area (Å²) in [5, 5.41) is 6.43. The van der Waals surface area contributed by atoms with E-state index in [2.05, 4.69) is 15.6 Å². The number of hydrogen-bond acceptors (Lipinski definition) is 5. The van der Waals surface area contributed by atoms with Crippen molar-refractivity contribution in [2.75, 3.05) is 22.9 Å². The van der Waals surface area contributed by atoms with Gasteiger partial charge in [-0.1, -0.05) is 18.3 Å². The lowest BCUT2D eigenvalue weighted by Crippen LogP contribution is -2.13. The fraction of sp³-hybridized carbons (Fsp3) is 0.286. The first-order valence-electron chi connectivity index (χ1n) is 6.59. The van der Waals surface area contributed by atoms with Crippen LogP contribution in [0.15, 0.2) is 18.2 Å². The van der Waals surface area contributed by atoms with E-state index in [1.807, 2.05) is 6.92 Å². The molecule has 0 bridgehead atoms. The summed E-state index contributed by atoms with van der Waals surface area (Å²) in [6.07, 6.45) is 0.954. The first-order chi connectivity index (χ1) is 10.0. The van der Waals surface area contributed by atoms with E-state index in [4.69, 9.17) is 5.73 Å². The zero-order chi connectivity index (χ0) is 15.4. The number of aromatic nitrogens is 1. The molecule has 0 fully saturated rings. The Bertz CT molecular complexity index is 656. The average Bonchev–Trinajstić information content (AvgIpc) is 2.81. The highest BCUT2D eigenvalue weighted by molar-refractivity contribution is 7.18. The van der Waals surface area contributed by atoms with Crippen molar-refractivity contribution in [1.29, 1.82) is 0 Å². The molecule has 2 aromatic rings. The summed E-state index contributed by atoms with van der Waals surface area (Å²) in [7, 11) is 0. The molecular weight excluding hydrogens is 291 g/mol. The minimum atomic E-state index is -0.343. The molecule has 7 heteroatoms. The Kier molecular flexibility index (Phi) is 4.74. The number of amides is 1. The summed E-state index contributed by atoms with van der Waals surface area (Å²) < 4.78 is 13.0. The molecule has 0 saturated carbocycles. The van der Waals surface area contributed by atoms with Crippen LogP contribution in [0.5, 0.6) is 0 Å². The van der Waals surface area contributed by atoms with Gasteiger partial charge in [-0.15, -0.1) is 0 Å². The summed E-state index contributed by atoms with van der Waals surface area (Å²) >= 11 is 1.20. The molecule has 4 N–H and O–H groups in total. The standard InChI is InChI=1S/C14H17FN4OS/c1-3-6-17-14-19-12(16)11(21-14)13(20)18-10-5-4-9(15)7-8(10)2/h4-5,7H,3,6,16H2,1-2H3,(H,17,19)(H,18,20). The maximum Gasteiger partial charge on any atom is 0.269 e. The van der Waals surface area contributed by atoms with Gasteiger partial charge in [-0.05, 0) is 37.1 Å². The molecule has 0 saturated heterocycles. The molecular formula is C14H17FN4OS. The molecule has 0 radical (unpaired) electrons. The van der Waals surface area contributed by atoms with Crippen LogP contribution in [0.3, 0.4) is 0 Å². The van der Waals surface area contributed by atoms with Crippen molar-refractivity contribution >= 4 is 33.9 Å². The number of hydrogen-bond donors (Lipinski definition) is 3. The second kappa shape index (κ2) is 6.53. The van der Waals surface area contributed by atoms with Gasteiger partial charge >= 0.3 is 0 Å². The molecule has 21 heavy (non-hydrogen) atoms. The summed E-state index contributed by atoms with van der Waals surface area (Å²) in [5.74, 6) is -0.492. The Morgan fingerprint density at radius 3 is 2.90 bits per heavy atom. The Morgan fingerprint density at radius 2 is 2.24 bits per heavy atom. The molecule has 0 spiro atoms. The van der Waals surface area contributed by atoms with Gasteiger partial charge in [-0.3, -0.25) is 4.79 Å². The number of halogens is 1. The van der Waals surface area contributed by atoms with E-state index in [-0.39, 0.29) is 17.5 Å². The van der Waals surface area contributed by atoms with E-state index < -0.39 is 0 Å². The third kappa shape index (κ3) is 3.69. The summed E-state index contributed by atoms with van der Waals surface area (Å²) in [5.41, 5.74) is 6.97. The van der Waals surface area contributed by atoms with Crippen LogP contribution >= 0.6 is 11.3 Å². The minimum Gasteiger partial charge on any atom is -0.382 e. The third-order valence-electron chi connectivity index (χ3n) is 2.82. The van der Waals surface area contributed by atoms with E-state index in [0.29, 0.717) is 21.3 Å². The van der Waals surface area contributed by atoms with Crippen molar-refractivity contribution in [3.05, 3.63) is 34.5 Å². The lowest BCUT2D eigenvalue weighted by molar-refractivity contribution is 0.103. The summed E-state index contributed by atoms with van der Waals surface area (Å²) in [6.45, 7) is 4.53. The zero-order valence-electron chi connectivity index (χ0n) is 11.9. The molecule has 1 aromatic carbocycles.